The Balaban J connectivity index is 1.03. The van der Waals surface area contributed by atoms with Crippen LogP contribution in [0, 0.1) is 0 Å². The van der Waals surface area contributed by atoms with Crippen LogP contribution in [0.15, 0.2) is 237 Å². The standard InChI is InChI=1S/C58H39N7Si/c1-5-19-40(20-6-1)55-60-56(62-57(61-55)65-54-32-18-17-31-53(54)64-52-30-16-14-28-49(52)59-58(64)65)41-33-35-45(36-34-41)66(43-23-9-3-10-24-43,44-25-11-4-12-26-44)46-37-38-51-48(39-46)47-27-13-15-29-50(47)63(51)42-21-7-2-8-22-42/h1-39H. The van der Waals surface area contributed by atoms with E-state index in [4.69, 9.17) is 19.9 Å². The second-order valence-electron chi connectivity index (χ2n) is 16.7. The molecule has 4 heterocycles. The first-order valence-electron chi connectivity index (χ1n) is 22.2. The Morgan fingerprint density at radius 3 is 1.50 bits per heavy atom. The molecule has 0 radical (unpaired) electrons. The Labute approximate surface area is 381 Å². The van der Waals surface area contributed by atoms with E-state index in [2.05, 4.69) is 202 Å². The summed E-state index contributed by atoms with van der Waals surface area (Å²) in [5.74, 6) is 2.42. The van der Waals surface area contributed by atoms with E-state index in [1.807, 2.05) is 48.5 Å². The SMILES string of the molecule is c1ccc(-c2nc(-c3ccc([Si](c4ccccc4)(c4ccccc4)c4ccc5c(c4)c4ccccc4n5-c4ccccc4)cc3)nc(-n3c4ccccc4n4c5ccccc5nc34)n2)cc1. The number of benzene rings is 9. The van der Waals surface area contributed by atoms with E-state index in [-0.39, 0.29) is 0 Å². The molecule has 0 aliphatic rings. The van der Waals surface area contributed by atoms with E-state index >= 15 is 0 Å². The molecule has 13 aromatic rings. The summed E-state index contributed by atoms with van der Waals surface area (Å²) in [5.41, 5.74) is 9.24. The van der Waals surface area contributed by atoms with Gasteiger partial charge in [0, 0.05) is 27.6 Å². The van der Waals surface area contributed by atoms with E-state index < -0.39 is 8.07 Å². The molecule has 9 aromatic carbocycles. The van der Waals surface area contributed by atoms with Gasteiger partial charge >= 0.3 is 0 Å². The zero-order valence-electron chi connectivity index (χ0n) is 35.6. The highest BCUT2D eigenvalue weighted by atomic mass is 28.3. The molecule has 13 rings (SSSR count). The van der Waals surface area contributed by atoms with Crippen molar-refractivity contribution >= 4 is 78.5 Å². The predicted octanol–water partition coefficient (Wildman–Crippen LogP) is 10.4. The van der Waals surface area contributed by atoms with Crippen LogP contribution >= 0.6 is 0 Å². The van der Waals surface area contributed by atoms with Gasteiger partial charge in [0.1, 0.15) is 0 Å². The quantitative estimate of drug-likeness (QED) is 0.113. The topological polar surface area (TPSA) is 65.8 Å². The van der Waals surface area contributed by atoms with Crippen LogP contribution < -0.4 is 20.7 Å². The van der Waals surface area contributed by atoms with E-state index in [0.29, 0.717) is 17.6 Å². The van der Waals surface area contributed by atoms with Gasteiger partial charge in [0.05, 0.1) is 33.1 Å². The Kier molecular flexibility index (Phi) is 8.72. The third-order valence-corrected chi connectivity index (χ3v) is 17.8. The van der Waals surface area contributed by atoms with Crippen molar-refractivity contribution in [3.63, 3.8) is 0 Å². The largest absolute Gasteiger partial charge is 0.309 e. The number of aromatic nitrogens is 7. The monoisotopic (exact) mass is 861 g/mol. The molecule has 8 heteroatoms. The van der Waals surface area contributed by atoms with Crippen LogP contribution in [0.5, 0.6) is 0 Å². The second-order valence-corrected chi connectivity index (χ2v) is 20.5. The number of para-hydroxylation sites is 6. The summed E-state index contributed by atoms with van der Waals surface area (Å²) in [6.45, 7) is 0. The summed E-state index contributed by atoms with van der Waals surface area (Å²) in [7, 11) is -2.97. The minimum absolute atomic E-state index is 0.504. The van der Waals surface area contributed by atoms with Crippen LogP contribution in [0.3, 0.4) is 0 Å². The van der Waals surface area contributed by atoms with Crippen LogP contribution in [0.4, 0.5) is 0 Å². The van der Waals surface area contributed by atoms with Gasteiger partial charge in [-0.2, -0.15) is 9.97 Å². The Bertz CT molecular complexity index is 3880. The lowest BCUT2D eigenvalue weighted by molar-refractivity contribution is 0.937. The van der Waals surface area contributed by atoms with Crippen LogP contribution in [0.1, 0.15) is 0 Å². The number of hydrogen-bond acceptors (Lipinski definition) is 4. The first-order chi connectivity index (χ1) is 32.7. The predicted molar refractivity (Wildman–Crippen MR) is 272 cm³/mol. The van der Waals surface area contributed by atoms with Gasteiger partial charge < -0.3 is 4.57 Å². The van der Waals surface area contributed by atoms with Crippen molar-refractivity contribution in [2.75, 3.05) is 0 Å². The first-order valence-corrected chi connectivity index (χ1v) is 24.2. The van der Waals surface area contributed by atoms with E-state index in [1.54, 1.807) is 0 Å². The lowest BCUT2D eigenvalue weighted by Gasteiger charge is -2.34. The summed E-state index contributed by atoms with van der Waals surface area (Å²) in [4.78, 5) is 20.8. The van der Waals surface area contributed by atoms with Gasteiger partial charge in [-0.3, -0.25) is 4.40 Å². The number of nitrogens with zero attached hydrogens (tertiary/aromatic N) is 7. The van der Waals surface area contributed by atoms with Crippen LogP contribution in [0.2, 0.25) is 0 Å². The minimum Gasteiger partial charge on any atom is -0.309 e. The van der Waals surface area contributed by atoms with E-state index in [1.165, 1.54) is 42.6 Å². The molecule has 7 nitrogen and oxygen atoms in total. The fourth-order valence-electron chi connectivity index (χ4n) is 10.2. The summed E-state index contributed by atoms with van der Waals surface area (Å²) >= 11 is 0. The molecular formula is C58H39N7Si. The number of rotatable bonds is 8. The molecule has 0 fully saturated rings. The normalized spacial score (nSPS) is 11.9. The lowest BCUT2D eigenvalue weighted by Crippen LogP contribution is -2.74. The molecule has 0 aliphatic heterocycles. The van der Waals surface area contributed by atoms with Crippen molar-refractivity contribution in [1.82, 2.24) is 33.5 Å². The maximum Gasteiger partial charge on any atom is 0.241 e. The molecular weight excluding hydrogens is 823 g/mol. The summed E-state index contributed by atoms with van der Waals surface area (Å²) in [6, 6.07) is 84.6. The maximum absolute atomic E-state index is 5.30. The third kappa shape index (κ3) is 5.82. The minimum atomic E-state index is -2.97. The van der Waals surface area contributed by atoms with Crippen molar-refractivity contribution < 1.29 is 0 Å². The van der Waals surface area contributed by atoms with Crippen LogP contribution in [-0.2, 0) is 0 Å². The molecule has 0 saturated carbocycles. The average molecular weight is 862 g/mol. The van der Waals surface area contributed by atoms with Crippen molar-refractivity contribution in [3.8, 4) is 34.4 Å². The smallest absolute Gasteiger partial charge is 0.241 e. The molecule has 0 aliphatic carbocycles. The van der Waals surface area contributed by atoms with Gasteiger partial charge in [-0.15, -0.1) is 0 Å². The first kappa shape index (κ1) is 37.8. The van der Waals surface area contributed by atoms with Crippen LogP contribution in [0.25, 0.3) is 84.1 Å². The van der Waals surface area contributed by atoms with Crippen molar-refractivity contribution in [2.45, 2.75) is 0 Å². The van der Waals surface area contributed by atoms with Gasteiger partial charge in [0.2, 0.25) is 11.7 Å². The Hall–Kier alpha value is -8.72. The van der Waals surface area contributed by atoms with Crippen LogP contribution in [-0.4, -0.2) is 41.5 Å². The fraction of sp³-hybridized carbons (Fsp3) is 0. The lowest BCUT2D eigenvalue weighted by atomic mass is 10.1. The van der Waals surface area contributed by atoms with Gasteiger partial charge in [0.15, 0.2) is 19.7 Å². The molecule has 0 unspecified atom stereocenters. The molecule has 0 spiro atoms. The van der Waals surface area contributed by atoms with Crippen molar-refractivity contribution in [2.24, 2.45) is 0 Å². The summed E-state index contributed by atoms with van der Waals surface area (Å²) in [5, 5.41) is 7.64. The highest BCUT2D eigenvalue weighted by molar-refractivity contribution is 7.20. The molecule has 0 bridgehead atoms. The van der Waals surface area contributed by atoms with E-state index in [0.717, 1.165) is 44.7 Å². The van der Waals surface area contributed by atoms with Gasteiger partial charge in [0.25, 0.3) is 0 Å². The van der Waals surface area contributed by atoms with Gasteiger partial charge in [-0.25, -0.2) is 14.5 Å². The Morgan fingerprint density at radius 1 is 0.318 bits per heavy atom. The number of hydrogen-bond donors (Lipinski definition) is 0. The highest BCUT2D eigenvalue weighted by Gasteiger charge is 2.42. The number of imidazole rings is 2. The zero-order chi connectivity index (χ0) is 43.6. The Morgan fingerprint density at radius 2 is 0.818 bits per heavy atom. The van der Waals surface area contributed by atoms with E-state index in [9.17, 15) is 0 Å². The summed E-state index contributed by atoms with van der Waals surface area (Å²) in [6.07, 6.45) is 0. The van der Waals surface area contributed by atoms with Crippen molar-refractivity contribution in [1.29, 1.82) is 0 Å². The molecule has 4 aromatic heterocycles. The second kappa shape index (κ2) is 15.2. The molecule has 310 valence electrons. The maximum atomic E-state index is 5.30. The molecule has 66 heavy (non-hydrogen) atoms. The molecule has 0 amide bonds. The number of fused-ring (bicyclic) bond motifs is 8. The van der Waals surface area contributed by atoms with Crippen molar-refractivity contribution in [3.05, 3.63) is 237 Å². The fourth-order valence-corrected chi connectivity index (χ4v) is 14.9. The van der Waals surface area contributed by atoms with Gasteiger partial charge in [-0.05, 0) is 69.3 Å². The molecule has 0 saturated heterocycles. The highest BCUT2D eigenvalue weighted by Crippen LogP contribution is 2.33. The summed E-state index contributed by atoms with van der Waals surface area (Å²) < 4.78 is 6.65. The third-order valence-electron chi connectivity index (χ3n) is 13.1. The molecule has 0 atom stereocenters. The molecule has 0 N–H and O–H groups in total. The zero-order valence-corrected chi connectivity index (χ0v) is 36.6. The van der Waals surface area contributed by atoms with Gasteiger partial charge in [-0.1, -0.05) is 188 Å². The average Bonchev–Trinajstić information content (AvgIpc) is 4.05.